The third-order valence-corrected chi connectivity index (χ3v) is 3.23. The van der Waals surface area contributed by atoms with Crippen molar-refractivity contribution in [2.45, 2.75) is 20.8 Å². The third kappa shape index (κ3) is 3.16. The smallest absolute Gasteiger partial charge is 0.259 e. The molecule has 0 aliphatic rings. The first-order valence-corrected chi connectivity index (χ1v) is 6.58. The van der Waals surface area contributed by atoms with Crippen LogP contribution >= 0.6 is 0 Å². The molecular weight excluding hydrogens is 269 g/mol. The van der Waals surface area contributed by atoms with Crippen LogP contribution < -0.4 is 5.56 Å². The molecule has 1 aromatic heterocycles. The molecule has 0 aliphatic heterocycles. The van der Waals surface area contributed by atoms with Crippen molar-refractivity contribution in [3.8, 4) is 0 Å². The molecule has 1 heterocycles. The molecule has 0 amide bonds. The molecule has 108 valence electrons. The average Bonchev–Trinajstić information content (AvgIpc) is 2.40. The topological polar surface area (TPSA) is 49.9 Å². The Hall–Kier alpha value is -2.49. The number of ketones is 1. The predicted octanol–water partition coefficient (Wildman–Crippen LogP) is 3.42. The zero-order valence-electron chi connectivity index (χ0n) is 12.2. The summed E-state index contributed by atoms with van der Waals surface area (Å²) in [5, 5.41) is 0. The second-order valence-electron chi connectivity index (χ2n) is 5.02. The van der Waals surface area contributed by atoms with Gasteiger partial charge in [0.15, 0.2) is 5.78 Å². The number of nitrogens with one attached hydrogen (secondary N) is 1. The molecule has 4 heteroatoms. The Labute approximate surface area is 122 Å². The second kappa shape index (κ2) is 5.87. The highest BCUT2D eigenvalue weighted by Crippen LogP contribution is 2.15. The monoisotopic (exact) mass is 285 g/mol. The summed E-state index contributed by atoms with van der Waals surface area (Å²) >= 11 is 0. The summed E-state index contributed by atoms with van der Waals surface area (Å²) in [4.78, 5) is 27.0. The minimum atomic E-state index is -0.418. The highest BCUT2D eigenvalue weighted by molar-refractivity contribution is 6.11. The molecule has 0 bridgehead atoms. The van der Waals surface area contributed by atoms with Crippen molar-refractivity contribution in [2.75, 3.05) is 0 Å². The Morgan fingerprint density at radius 1 is 1.24 bits per heavy atom. The molecule has 0 atom stereocenters. The van der Waals surface area contributed by atoms with E-state index in [1.165, 1.54) is 12.1 Å². The van der Waals surface area contributed by atoms with Gasteiger partial charge in [0, 0.05) is 11.3 Å². The van der Waals surface area contributed by atoms with Gasteiger partial charge < -0.3 is 4.98 Å². The van der Waals surface area contributed by atoms with Crippen molar-refractivity contribution in [1.82, 2.24) is 4.98 Å². The number of rotatable bonds is 3. The van der Waals surface area contributed by atoms with Gasteiger partial charge in [-0.25, -0.2) is 4.39 Å². The van der Waals surface area contributed by atoms with Gasteiger partial charge in [0.1, 0.15) is 5.82 Å². The molecule has 2 rings (SSSR count). The lowest BCUT2D eigenvalue weighted by atomic mass is 9.99. The fraction of sp³-hybridized carbons (Fsp3) is 0.176. The lowest BCUT2D eigenvalue weighted by Gasteiger charge is -2.06. The van der Waals surface area contributed by atoms with E-state index in [4.69, 9.17) is 0 Å². The first-order chi connectivity index (χ1) is 9.90. The molecule has 0 radical (unpaired) electrons. The maximum absolute atomic E-state index is 13.6. The lowest BCUT2D eigenvalue weighted by Crippen LogP contribution is -2.21. The van der Waals surface area contributed by atoms with Crippen LogP contribution in [0.3, 0.4) is 0 Å². The second-order valence-corrected chi connectivity index (χ2v) is 5.02. The van der Waals surface area contributed by atoms with E-state index >= 15 is 0 Å². The maximum atomic E-state index is 13.6. The van der Waals surface area contributed by atoms with Crippen LogP contribution in [0, 0.1) is 19.7 Å². The van der Waals surface area contributed by atoms with E-state index in [-0.39, 0.29) is 5.56 Å². The Bertz CT molecular complexity index is 788. The molecule has 0 unspecified atom stereocenters. The molecule has 0 aliphatic carbocycles. The summed E-state index contributed by atoms with van der Waals surface area (Å²) < 4.78 is 13.6. The summed E-state index contributed by atoms with van der Waals surface area (Å²) in [6.45, 7) is 5.05. The summed E-state index contributed by atoms with van der Waals surface area (Å²) in [6.07, 6.45) is 1.45. The number of carbonyl (C=O) groups is 1. The molecule has 1 aromatic carbocycles. The number of allylic oxidation sites excluding steroid dienone is 1. The van der Waals surface area contributed by atoms with Gasteiger partial charge in [-0.05, 0) is 50.1 Å². The number of aromatic nitrogens is 1. The number of H-pyrrole nitrogens is 1. The SMILES string of the molecule is C/C(=C\c1ccccc1F)C(=O)c1c(C)cc(C)[nH]c1=O. The van der Waals surface area contributed by atoms with Crippen LogP contribution in [0.1, 0.15) is 34.1 Å². The first kappa shape index (κ1) is 14.9. The number of pyridine rings is 1. The van der Waals surface area contributed by atoms with Crippen LogP contribution in [0.15, 0.2) is 40.7 Å². The molecule has 21 heavy (non-hydrogen) atoms. The number of aryl methyl sites for hydroxylation is 2. The van der Waals surface area contributed by atoms with Crippen LogP contribution in [0.2, 0.25) is 0 Å². The Balaban J connectivity index is 2.46. The minimum Gasteiger partial charge on any atom is -0.326 e. The van der Waals surface area contributed by atoms with Gasteiger partial charge in [0.25, 0.3) is 5.56 Å². The van der Waals surface area contributed by atoms with Crippen molar-refractivity contribution in [1.29, 1.82) is 0 Å². The van der Waals surface area contributed by atoms with Gasteiger partial charge in [0.05, 0.1) is 5.56 Å². The summed E-state index contributed by atoms with van der Waals surface area (Å²) in [5.41, 5.74) is 1.64. The number of carbonyl (C=O) groups excluding carboxylic acids is 1. The minimum absolute atomic E-state index is 0.102. The number of aromatic amines is 1. The van der Waals surface area contributed by atoms with Crippen molar-refractivity contribution in [3.63, 3.8) is 0 Å². The van der Waals surface area contributed by atoms with Crippen molar-refractivity contribution in [2.24, 2.45) is 0 Å². The van der Waals surface area contributed by atoms with Gasteiger partial charge in [-0.15, -0.1) is 0 Å². The Morgan fingerprint density at radius 3 is 2.52 bits per heavy atom. The zero-order chi connectivity index (χ0) is 15.6. The van der Waals surface area contributed by atoms with E-state index in [0.29, 0.717) is 22.4 Å². The van der Waals surface area contributed by atoms with Gasteiger partial charge in [0.2, 0.25) is 0 Å². The lowest BCUT2D eigenvalue weighted by molar-refractivity contribution is 0.103. The zero-order valence-corrected chi connectivity index (χ0v) is 12.2. The summed E-state index contributed by atoms with van der Waals surface area (Å²) in [7, 11) is 0. The largest absolute Gasteiger partial charge is 0.326 e. The number of hydrogen-bond acceptors (Lipinski definition) is 2. The number of benzene rings is 1. The van der Waals surface area contributed by atoms with Crippen LogP contribution in [0.5, 0.6) is 0 Å². The van der Waals surface area contributed by atoms with Gasteiger partial charge in [-0.2, -0.15) is 0 Å². The maximum Gasteiger partial charge on any atom is 0.259 e. The van der Waals surface area contributed by atoms with E-state index in [2.05, 4.69) is 4.98 Å². The van der Waals surface area contributed by atoms with E-state index in [9.17, 15) is 14.0 Å². The molecule has 0 spiro atoms. The molecule has 2 aromatic rings. The van der Waals surface area contributed by atoms with Crippen LogP contribution in [0.25, 0.3) is 6.08 Å². The number of halogens is 1. The summed E-state index contributed by atoms with van der Waals surface area (Å²) in [5.74, 6) is -0.795. The third-order valence-electron chi connectivity index (χ3n) is 3.23. The van der Waals surface area contributed by atoms with E-state index in [1.54, 1.807) is 45.0 Å². The van der Waals surface area contributed by atoms with Gasteiger partial charge >= 0.3 is 0 Å². The van der Waals surface area contributed by atoms with Crippen molar-refractivity contribution < 1.29 is 9.18 Å². The van der Waals surface area contributed by atoms with Crippen LogP contribution in [-0.2, 0) is 0 Å². The average molecular weight is 285 g/mol. The van der Waals surface area contributed by atoms with Gasteiger partial charge in [-0.3, -0.25) is 9.59 Å². The number of hydrogen-bond donors (Lipinski definition) is 1. The normalized spacial score (nSPS) is 11.5. The van der Waals surface area contributed by atoms with Crippen LogP contribution in [0.4, 0.5) is 4.39 Å². The fourth-order valence-corrected chi connectivity index (χ4v) is 2.22. The molecular formula is C17H16FNO2. The fourth-order valence-electron chi connectivity index (χ4n) is 2.22. The highest BCUT2D eigenvalue weighted by Gasteiger charge is 2.16. The van der Waals surface area contributed by atoms with E-state index in [1.807, 2.05) is 0 Å². The van der Waals surface area contributed by atoms with Crippen LogP contribution in [-0.4, -0.2) is 10.8 Å². The number of Topliss-reactive ketones (excluding diaryl/α,β-unsaturated/α-hetero) is 1. The predicted molar refractivity (Wildman–Crippen MR) is 80.9 cm³/mol. The summed E-state index contributed by atoms with van der Waals surface area (Å²) in [6, 6.07) is 7.92. The quantitative estimate of drug-likeness (QED) is 0.694. The molecule has 0 saturated carbocycles. The van der Waals surface area contributed by atoms with E-state index in [0.717, 1.165) is 0 Å². The van der Waals surface area contributed by atoms with E-state index < -0.39 is 17.2 Å². The molecule has 3 nitrogen and oxygen atoms in total. The van der Waals surface area contributed by atoms with Crippen molar-refractivity contribution in [3.05, 3.63) is 74.5 Å². The molecule has 0 fully saturated rings. The Morgan fingerprint density at radius 2 is 1.90 bits per heavy atom. The Kier molecular flexibility index (Phi) is 4.17. The molecule has 1 N–H and O–H groups in total. The highest BCUT2D eigenvalue weighted by atomic mass is 19.1. The van der Waals surface area contributed by atoms with Crippen molar-refractivity contribution >= 4 is 11.9 Å². The first-order valence-electron chi connectivity index (χ1n) is 6.58. The standard InChI is InChI=1S/C17H16FNO2/c1-10-8-12(3)19-17(21)15(10)16(20)11(2)9-13-6-4-5-7-14(13)18/h4-9H,1-3H3,(H,19,21)/b11-9+. The molecule has 0 saturated heterocycles. The van der Waals surface area contributed by atoms with Gasteiger partial charge in [-0.1, -0.05) is 18.2 Å².